The van der Waals surface area contributed by atoms with Crippen LogP contribution in [-0.2, 0) is 9.53 Å². The lowest BCUT2D eigenvalue weighted by molar-refractivity contribution is -0.119. The van der Waals surface area contributed by atoms with Crippen LogP contribution in [0.2, 0.25) is 0 Å². The van der Waals surface area contributed by atoms with E-state index in [2.05, 4.69) is 33.0 Å². The number of benzene rings is 1. The molecule has 1 aromatic carbocycles. The van der Waals surface area contributed by atoms with Gasteiger partial charge in [-0.2, -0.15) is 0 Å². The summed E-state index contributed by atoms with van der Waals surface area (Å²) in [6.07, 6.45) is 0.944. The second-order valence-electron chi connectivity index (χ2n) is 6.65. The highest BCUT2D eigenvalue weighted by Crippen LogP contribution is 2.38. The fourth-order valence-electron chi connectivity index (χ4n) is 2.79. The zero-order chi connectivity index (χ0) is 15.7. The summed E-state index contributed by atoms with van der Waals surface area (Å²) < 4.78 is 11.3. The molecule has 5 nitrogen and oxygen atoms in total. The monoisotopic (exact) mass is 292 g/mol. The molecule has 1 saturated heterocycles. The molecule has 5 heteroatoms. The minimum atomic E-state index is -0.482. The second kappa shape index (κ2) is 5.56. The van der Waals surface area contributed by atoms with Gasteiger partial charge in [0.2, 0.25) is 0 Å². The van der Waals surface area contributed by atoms with Crippen LogP contribution in [0.25, 0.3) is 0 Å². The Morgan fingerprint density at radius 3 is 2.43 bits per heavy atom. The molecule has 1 fully saturated rings. The summed E-state index contributed by atoms with van der Waals surface area (Å²) in [5, 5.41) is 3.51. The Labute approximate surface area is 125 Å². The molecule has 1 unspecified atom stereocenters. The fraction of sp³-hybridized carbons (Fsp3) is 0.562. The largest absolute Gasteiger partial charge is 0.484 e. The lowest BCUT2D eigenvalue weighted by atomic mass is 9.94. The number of hydrogen-bond donors (Lipinski definition) is 2. The van der Waals surface area contributed by atoms with Crippen LogP contribution in [0.4, 0.5) is 5.69 Å². The summed E-state index contributed by atoms with van der Waals surface area (Å²) in [4.78, 5) is 10.7. The van der Waals surface area contributed by atoms with E-state index in [0.29, 0.717) is 5.75 Å². The molecule has 0 radical (unpaired) electrons. The van der Waals surface area contributed by atoms with Crippen LogP contribution in [0.5, 0.6) is 5.75 Å². The summed E-state index contributed by atoms with van der Waals surface area (Å²) in [5.41, 5.74) is 5.71. The van der Waals surface area contributed by atoms with Crippen LogP contribution >= 0.6 is 0 Å². The number of carbonyl (C=O) groups excluding carboxylic acids is 1. The Bertz CT molecular complexity index is 509. The Morgan fingerprint density at radius 2 is 1.95 bits per heavy atom. The average molecular weight is 292 g/mol. The Balaban J connectivity index is 1.99. The van der Waals surface area contributed by atoms with E-state index < -0.39 is 5.91 Å². The summed E-state index contributed by atoms with van der Waals surface area (Å²) >= 11 is 0. The molecule has 1 atom stereocenters. The van der Waals surface area contributed by atoms with Gasteiger partial charge in [0, 0.05) is 5.69 Å². The molecule has 1 heterocycles. The zero-order valence-corrected chi connectivity index (χ0v) is 13.1. The quantitative estimate of drug-likeness (QED) is 0.873. The van der Waals surface area contributed by atoms with Crippen LogP contribution in [0.1, 0.15) is 34.1 Å². The number of anilines is 1. The van der Waals surface area contributed by atoms with Crippen molar-refractivity contribution in [1.82, 2.24) is 0 Å². The number of rotatable bonds is 5. The van der Waals surface area contributed by atoms with Crippen LogP contribution in [0.3, 0.4) is 0 Å². The molecule has 0 aromatic heterocycles. The maximum absolute atomic E-state index is 10.7. The Kier molecular flexibility index (Phi) is 4.14. The number of hydrogen-bond acceptors (Lipinski definition) is 4. The first-order chi connectivity index (χ1) is 9.68. The lowest BCUT2D eigenvalue weighted by Crippen LogP contribution is -2.38. The highest BCUT2D eigenvalue weighted by atomic mass is 16.5. The third kappa shape index (κ3) is 4.11. The van der Waals surface area contributed by atoms with Gasteiger partial charge in [0.25, 0.3) is 5.91 Å². The van der Waals surface area contributed by atoms with Crippen molar-refractivity contribution in [2.45, 2.75) is 51.4 Å². The second-order valence-corrected chi connectivity index (χ2v) is 6.65. The van der Waals surface area contributed by atoms with Crippen molar-refractivity contribution in [1.29, 1.82) is 0 Å². The highest BCUT2D eigenvalue weighted by molar-refractivity contribution is 5.75. The fourth-order valence-corrected chi connectivity index (χ4v) is 2.79. The first kappa shape index (κ1) is 15.6. The van der Waals surface area contributed by atoms with Gasteiger partial charge < -0.3 is 20.5 Å². The molecule has 3 N–H and O–H groups in total. The van der Waals surface area contributed by atoms with E-state index in [0.717, 1.165) is 12.1 Å². The first-order valence-electron chi connectivity index (χ1n) is 7.16. The number of nitrogens with one attached hydrogen (secondary N) is 1. The minimum absolute atomic E-state index is 0.107. The van der Waals surface area contributed by atoms with Crippen molar-refractivity contribution in [3.05, 3.63) is 24.3 Å². The van der Waals surface area contributed by atoms with Crippen LogP contribution in [0, 0.1) is 0 Å². The van der Waals surface area contributed by atoms with Crippen molar-refractivity contribution in [2.75, 3.05) is 11.9 Å². The van der Waals surface area contributed by atoms with Crippen molar-refractivity contribution in [3.63, 3.8) is 0 Å². The van der Waals surface area contributed by atoms with Crippen LogP contribution in [0.15, 0.2) is 24.3 Å². The van der Waals surface area contributed by atoms with Crippen molar-refractivity contribution in [2.24, 2.45) is 5.73 Å². The van der Waals surface area contributed by atoms with E-state index in [-0.39, 0.29) is 23.9 Å². The molecule has 2 rings (SSSR count). The zero-order valence-electron chi connectivity index (χ0n) is 13.1. The summed E-state index contributed by atoms with van der Waals surface area (Å²) in [6, 6.07) is 7.73. The number of amides is 1. The Hall–Kier alpha value is -1.75. The molecule has 1 aliphatic rings. The first-order valence-corrected chi connectivity index (χ1v) is 7.16. The van der Waals surface area contributed by atoms with E-state index in [4.69, 9.17) is 15.2 Å². The van der Waals surface area contributed by atoms with Crippen molar-refractivity contribution in [3.8, 4) is 5.75 Å². The molecular formula is C16H24N2O3. The highest BCUT2D eigenvalue weighted by Gasteiger charge is 2.45. The SMILES string of the molecule is CC1(C)CC(Nc2ccc(OCC(N)=O)cc2)C(C)(C)O1. The Morgan fingerprint density at radius 1 is 1.33 bits per heavy atom. The lowest BCUT2D eigenvalue weighted by Gasteiger charge is -2.28. The number of primary amides is 1. The van der Waals surface area contributed by atoms with E-state index in [1.807, 2.05) is 24.3 Å². The molecule has 0 saturated carbocycles. The molecular weight excluding hydrogens is 268 g/mol. The summed E-state index contributed by atoms with van der Waals surface area (Å²) in [6.45, 7) is 8.31. The van der Waals surface area contributed by atoms with Gasteiger partial charge >= 0.3 is 0 Å². The molecule has 0 aliphatic carbocycles. The molecule has 0 spiro atoms. The molecule has 0 bridgehead atoms. The number of ether oxygens (including phenoxy) is 2. The maximum Gasteiger partial charge on any atom is 0.255 e. The van der Waals surface area contributed by atoms with Gasteiger partial charge in [0.15, 0.2) is 6.61 Å². The predicted octanol–water partition coefficient (Wildman–Crippen LogP) is 2.31. The summed E-state index contributed by atoms with van der Waals surface area (Å²) in [7, 11) is 0. The summed E-state index contributed by atoms with van der Waals surface area (Å²) in [5.74, 6) is 0.144. The standard InChI is InChI=1S/C16H24N2O3/c1-15(2)9-13(16(3,4)21-15)18-11-5-7-12(8-6-11)20-10-14(17)19/h5-8,13,18H,9-10H2,1-4H3,(H2,17,19). The van der Waals surface area contributed by atoms with Gasteiger partial charge in [-0.05, 0) is 58.4 Å². The van der Waals surface area contributed by atoms with Gasteiger partial charge in [0.1, 0.15) is 5.75 Å². The molecule has 1 amide bonds. The third-order valence-corrected chi connectivity index (χ3v) is 3.65. The van der Waals surface area contributed by atoms with Gasteiger partial charge in [-0.25, -0.2) is 0 Å². The van der Waals surface area contributed by atoms with Crippen molar-refractivity contribution >= 4 is 11.6 Å². The van der Waals surface area contributed by atoms with E-state index in [9.17, 15) is 4.79 Å². The predicted molar refractivity (Wildman–Crippen MR) is 82.4 cm³/mol. The molecule has 21 heavy (non-hydrogen) atoms. The smallest absolute Gasteiger partial charge is 0.255 e. The topological polar surface area (TPSA) is 73.6 Å². The van der Waals surface area contributed by atoms with Gasteiger partial charge in [0.05, 0.1) is 17.2 Å². The molecule has 1 aliphatic heterocycles. The number of nitrogens with two attached hydrogens (primary N) is 1. The normalized spacial score (nSPS) is 22.8. The van der Waals surface area contributed by atoms with E-state index in [1.54, 1.807) is 0 Å². The van der Waals surface area contributed by atoms with Crippen LogP contribution in [-0.4, -0.2) is 29.8 Å². The maximum atomic E-state index is 10.7. The van der Waals surface area contributed by atoms with Crippen LogP contribution < -0.4 is 15.8 Å². The third-order valence-electron chi connectivity index (χ3n) is 3.65. The van der Waals surface area contributed by atoms with E-state index >= 15 is 0 Å². The van der Waals surface area contributed by atoms with Gasteiger partial charge in [-0.3, -0.25) is 4.79 Å². The average Bonchev–Trinajstić information content (AvgIpc) is 2.56. The van der Waals surface area contributed by atoms with Crippen molar-refractivity contribution < 1.29 is 14.3 Å². The van der Waals surface area contributed by atoms with Gasteiger partial charge in [-0.15, -0.1) is 0 Å². The molecule has 116 valence electrons. The van der Waals surface area contributed by atoms with Gasteiger partial charge in [-0.1, -0.05) is 0 Å². The molecule has 1 aromatic rings. The van der Waals surface area contributed by atoms with E-state index in [1.165, 1.54) is 0 Å². The number of carbonyl (C=O) groups is 1. The minimum Gasteiger partial charge on any atom is -0.484 e.